The average molecular weight is 268 g/mol. The first-order valence-electron chi connectivity index (χ1n) is 5.95. The number of nitrogens with one attached hydrogen (secondary N) is 1. The highest BCUT2D eigenvalue weighted by Crippen LogP contribution is 2.21. The Labute approximate surface area is 109 Å². The van der Waals surface area contributed by atoms with Crippen molar-refractivity contribution in [1.29, 1.82) is 0 Å². The Morgan fingerprint density at radius 2 is 2.21 bits per heavy atom. The lowest BCUT2D eigenvalue weighted by atomic mass is 10.4. The Morgan fingerprint density at radius 1 is 1.37 bits per heavy atom. The van der Waals surface area contributed by atoms with Crippen molar-refractivity contribution in [1.82, 2.24) is 4.98 Å². The minimum Gasteiger partial charge on any atom is -0.467 e. The topological polar surface area (TPSA) is 47.3 Å². The van der Waals surface area contributed by atoms with E-state index in [1.807, 2.05) is 6.92 Å². The fraction of sp³-hybridized carbons (Fsp3) is 0.308. The predicted octanol–water partition coefficient (Wildman–Crippen LogP) is 3.35. The first-order valence-corrected chi connectivity index (χ1v) is 5.95. The Morgan fingerprint density at radius 3 is 2.89 bits per heavy atom. The lowest BCUT2D eigenvalue weighted by Crippen LogP contribution is -2.07. The van der Waals surface area contributed by atoms with Crippen molar-refractivity contribution in [2.45, 2.75) is 20.0 Å². The summed E-state index contributed by atoms with van der Waals surface area (Å²) in [6.07, 6.45) is 2.29. The van der Waals surface area contributed by atoms with Gasteiger partial charge >= 0.3 is 0 Å². The number of anilines is 1. The smallest absolute Gasteiger partial charge is 0.253 e. The van der Waals surface area contributed by atoms with Crippen molar-refractivity contribution < 1.29 is 17.9 Å². The van der Waals surface area contributed by atoms with Gasteiger partial charge in [0.15, 0.2) is 17.5 Å². The fourth-order valence-corrected chi connectivity index (χ4v) is 1.45. The summed E-state index contributed by atoms with van der Waals surface area (Å²) in [7, 11) is 0. The van der Waals surface area contributed by atoms with Crippen LogP contribution in [0.15, 0.2) is 28.9 Å². The predicted molar refractivity (Wildman–Crippen MR) is 66.0 cm³/mol. The molecule has 0 aromatic carbocycles. The molecule has 0 saturated heterocycles. The van der Waals surface area contributed by atoms with Crippen LogP contribution < -0.4 is 10.1 Å². The van der Waals surface area contributed by atoms with Crippen LogP contribution in [0.2, 0.25) is 0 Å². The number of hydrogen-bond donors (Lipinski definition) is 1. The quantitative estimate of drug-likeness (QED) is 0.872. The van der Waals surface area contributed by atoms with Gasteiger partial charge < -0.3 is 14.5 Å². The van der Waals surface area contributed by atoms with E-state index in [9.17, 15) is 8.78 Å². The number of furan rings is 1. The summed E-state index contributed by atoms with van der Waals surface area (Å²) in [6, 6.07) is 4.14. The summed E-state index contributed by atoms with van der Waals surface area (Å²) in [5, 5.41) is 2.77. The molecule has 19 heavy (non-hydrogen) atoms. The third-order valence-electron chi connectivity index (χ3n) is 2.37. The summed E-state index contributed by atoms with van der Waals surface area (Å²) in [4.78, 5) is 3.78. The van der Waals surface area contributed by atoms with Crippen molar-refractivity contribution in [3.8, 4) is 5.88 Å². The Hall–Kier alpha value is -2.11. The van der Waals surface area contributed by atoms with Gasteiger partial charge in [-0.05, 0) is 18.6 Å². The second kappa shape index (κ2) is 6.17. The van der Waals surface area contributed by atoms with Crippen LogP contribution in [-0.4, -0.2) is 11.5 Å². The third-order valence-corrected chi connectivity index (χ3v) is 2.37. The molecule has 0 unspecified atom stereocenters. The summed E-state index contributed by atoms with van der Waals surface area (Å²) in [5.74, 6) is -1.31. The van der Waals surface area contributed by atoms with Gasteiger partial charge in [-0.1, -0.05) is 6.92 Å². The maximum atomic E-state index is 13.5. The van der Waals surface area contributed by atoms with Crippen LogP contribution in [0, 0.1) is 11.6 Å². The van der Waals surface area contributed by atoms with Crippen LogP contribution in [0.25, 0.3) is 0 Å². The van der Waals surface area contributed by atoms with Gasteiger partial charge in [0.2, 0.25) is 0 Å². The van der Waals surface area contributed by atoms with E-state index >= 15 is 0 Å². The van der Waals surface area contributed by atoms with Gasteiger partial charge in [0.05, 0.1) is 6.26 Å². The maximum Gasteiger partial charge on any atom is 0.253 e. The number of halogens is 2. The highest BCUT2D eigenvalue weighted by atomic mass is 19.1. The van der Waals surface area contributed by atoms with Gasteiger partial charge in [0.25, 0.3) is 5.88 Å². The zero-order chi connectivity index (χ0) is 13.7. The molecule has 0 aliphatic carbocycles. The number of aromatic nitrogens is 1. The molecule has 4 nitrogen and oxygen atoms in total. The van der Waals surface area contributed by atoms with Crippen LogP contribution in [-0.2, 0) is 6.61 Å². The molecule has 0 fully saturated rings. The molecule has 2 aromatic heterocycles. The summed E-state index contributed by atoms with van der Waals surface area (Å²) in [5.41, 5.74) is 0. The van der Waals surface area contributed by atoms with Gasteiger partial charge in [0.1, 0.15) is 12.4 Å². The SMILES string of the molecule is CCCNc1nc(OCc2ccco2)c(F)cc1F. The first kappa shape index (κ1) is 13.3. The van der Waals surface area contributed by atoms with Crippen LogP contribution in [0.5, 0.6) is 5.88 Å². The molecule has 6 heteroatoms. The van der Waals surface area contributed by atoms with E-state index in [0.29, 0.717) is 12.3 Å². The molecule has 1 N–H and O–H groups in total. The van der Waals surface area contributed by atoms with E-state index in [1.54, 1.807) is 12.1 Å². The molecule has 0 saturated carbocycles. The molecule has 0 spiro atoms. The average Bonchev–Trinajstić information content (AvgIpc) is 2.90. The highest BCUT2D eigenvalue weighted by molar-refractivity contribution is 5.39. The van der Waals surface area contributed by atoms with Gasteiger partial charge in [-0.3, -0.25) is 0 Å². The number of rotatable bonds is 6. The lowest BCUT2D eigenvalue weighted by Gasteiger charge is -2.09. The van der Waals surface area contributed by atoms with Crippen molar-refractivity contribution >= 4 is 5.82 Å². The number of ether oxygens (including phenoxy) is 1. The van der Waals surface area contributed by atoms with Crippen LogP contribution in [0.1, 0.15) is 19.1 Å². The number of pyridine rings is 1. The molecule has 102 valence electrons. The number of nitrogens with zero attached hydrogens (tertiary/aromatic N) is 1. The first-order chi connectivity index (χ1) is 9.20. The van der Waals surface area contributed by atoms with Gasteiger partial charge in [-0.2, -0.15) is 4.98 Å². The molecule has 0 amide bonds. The Balaban J connectivity index is 2.10. The number of hydrogen-bond acceptors (Lipinski definition) is 4. The molecule has 0 atom stereocenters. The van der Waals surface area contributed by atoms with E-state index in [0.717, 1.165) is 12.5 Å². The second-order valence-corrected chi connectivity index (χ2v) is 3.90. The van der Waals surface area contributed by atoms with Gasteiger partial charge in [-0.15, -0.1) is 0 Å². The Bertz CT molecular complexity index is 530. The van der Waals surface area contributed by atoms with E-state index in [2.05, 4.69) is 10.3 Å². The van der Waals surface area contributed by atoms with Crippen LogP contribution in [0.3, 0.4) is 0 Å². The minimum absolute atomic E-state index is 0.0160. The zero-order valence-corrected chi connectivity index (χ0v) is 10.5. The highest BCUT2D eigenvalue weighted by Gasteiger charge is 2.13. The van der Waals surface area contributed by atoms with Crippen molar-refractivity contribution in [2.75, 3.05) is 11.9 Å². The van der Waals surface area contributed by atoms with Crippen molar-refractivity contribution in [3.63, 3.8) is 0 Å². The molecular formula is C13H14F2N2O2. The zero-order valence-electron chi connectivity index (χ0n) is 10.5. The van der Waals surface area contributed by atoms with Gasteiger partial charge in [-0.25, -0.2) is 8.78 Å². The molecule has 2 aromatic rings. The molecule has 2 rings (SSSR count). The third kappa shape index (κ3) is 3.43. The molecule has 0 aliphatic heterocycles. The summed E-state index contributed by atoms with van der Waals surface area (Å²) >= 11 is 0. The molecular weight excluding hydrogens is 254 g/mol. The van der Waals surface area contributed by atoms with Gasteiger partial charge in [0, 0.05) is 12.6 Å². The largest absolute Gasteiger partial charge is 0.467 e. The monoisotopic (exact) mass is 268 g/mol. The van der Waals surface area contributed by atoms with E-state index < -0.39 is 11.6 Å². The van der Waals surface area contributed by atoms with Crippen molar-refractivity contribution in [2.24, 2.45) is 0 Å². The molecule has 2 heterocycles. The summed E-state index contributed by atoms with van der Waals surface area (Å²) in [6.45, 7) is 2.52. The minimum atomic E-state index is -0.842. The van der Waals surface area contributed by atoms with Crippen LogP contribution >= 0.6 is 0 Å². The standard InChI is InChI=1S/C13H14F2N2O2/c1-2-5-16-12-10(14)7-11(15)13(17-12)19-8-9-4-3-6-18-9/h3-4,6-7H,2,5,8H2,1H3,(H,16,17). The normalized spacial score (nSPS) is 10.5. The van der Waals surface area contributed by atoms with E-state index in [1.165, 1.54) is 6.26 Å². The molecule has 0 bridgehead atoms. The molecule has 0 radical (unpaired) electrons. The van der Waals surface area contributed by atoms with E-state index in [-0.39, 0.29) is 18.3 Å². The maximum absolute atomic E-state index is 13.5. The Kier molecular flexibility index (Phi) is 4.33. The van der Waals surface area contributed by atoms with Crippen molar-refractivity contribution in [3.05, 3.63) is 41.9 Å². The fourth-order valence-electron chi connectivity index (χ4n) is 1.45. The summed E-state index contributed by atoms with van der Waals surface area (Å²) < 4.78 is 37.1. The van der Waals surface area contributed by atoms with Crippen LogP contribution in [0.4, 0.5) is 14.6 Å². The second-order valence-electron chi connectivity index (χ2n) is 3.90. The van der Waals surface area contributed by atoms with E-state index in [4.69, 9.17) is 9.15 Å². The molecule has 0 aliphatic rings. The lowest BCUT2D eigenvalue weighted by molar-refractivity contribution is 0.247.